The van der Waals surface area contributed by atoms with E-state index in [4.69, 9.17) is 14.2 Å². The Bertz CT molecular complexity index is 484. The van der Waals surface area contributed by atoms with Crippen molar-refractivity contribution >= 4 is 11.9 Å². The molecular formula is C14H14O5. The molecule has 1 aromatic rings. The van der Waals surface area contributed by atoms with Gasteiger partial charge in [-0.15, -0.1) is 0 Å². The maximum atomic E-state index is 11.8. The quantitative estimate of drug-likeness (QED) is 0.765. The molecule has 3 atom stereocenters. The van der Waals surface area contributed by atoms with Gasteiger partial charge in [0.05, 0.1) is 24.7 Å². The highest BCUT2D eigenvalue weighted by molar-refractivity contribution is 5.89. The first-order valence-corrected chi connectivity index (χ1v) is 6.27. The number of carbonyl (C=O) groups excluding carboxylic acids is 2. The first-order chi connectivity index (χ1) is 9.24. The Morgan fingerprint density at radius 3 is 2.89 bits per heavy atom. The highest BCUT2D eigenvalue weighted by atomic mass is 16.6. The van der Waals surface area contributed by atoms with Crippen molar-refractivity contribution in [3.8, 4) is 0 Å². The topological polar surface area (TPSA) is 61.8 Å². The molecule has 1 aromatic carbocycles. The second-order valence-electron chi connectivity index (χ2n) is 4.73. The summed E-state index contributed by atoms with van der Waals surface area (Å²) in [6, 6.07) is 8.79. The maximum absolute atomic E-state index is 11.8. The molecule has 0 aliphatic carbocycles. The molecule has 0 saturated carbocycles. The molecule has 2 aliphatic rings. The van der Waals surface area contributed by atoms with Crippen LogP contribution in [0.25, 0.3) is 0 Å². The van der Waals surface area contributed by atoms with E-state index in [9.17, 15) is 9.59 Å². The normalized spacial score (nSPS) is 28.8. The van der Waals surface area contributed by atoms with E-state index in [1.54, 1.807) is 24.3 Å². The van der Waals surface area contributed by atoms with E-state index in [1.807, 2.05) is 6.07 Å². The number of esters is 2. The lowest BCUT2D eigenvalue weighted by Crippen LogP contribution is -2.26. The van der Waals surface area contributed by atoms with Crippen LogP contribution in [0.4, 0.5) is 0 Å². The summed E-state index contributed by atoms with van der Waals surface area (Å²) < 4.78 is 15.8. The van der Waals surface area contributed by atoms with Crippen molar-refractivity contribution < 1.29 is 23.8 Å². The van der Waals surface area contributed by atoms with Gasteiger partial charge in [0.2, 0.25) is 0 Å². The van der Waals surface area contributed by atoms with Crippen LogP contribution in [0, 0.1) is 5.92 Å². The molecule has 0 N–H and O–H groups in total. The smallest absolute Gasteiger partial charge is 0.338 e. The van der Waals surface area contributed by atoms with E-state index >= 15 is 0 Å². The SMILES string of the molecule is O=C1CC2C(COC(=O)c3ccccc3)OCC2O1. The molecule has 0 bridgehead atoms. The summed E-state index contributed by atoms with van der Waals surface area (Å²) in [5.74, 6) is -0.563. The Kier molecular flexibility index (Phi) is 3.21. The summed E-state index contributed by atoms with van der Waals surface area (Å²) in [4.78, 5) is 23.0. The monoisotopic (exact) mass is 262 g/mol. The Morgan fingerprint density at radius 1 is 1.32 bits per heavy atom. The number of benzene rings is 1. The van der Waals surface area contributed by atoms with Crippen LogP contribution in [0.2, 0.25) is 0 Å². The van der Waals surface area contributed by atoms with Gasteiger partial charge in [-0.25, -0.2) is 4.79 Å². The Labute approximate surface area is 110 Å². The van der Waals surface area contributed by atoms with Crippen LogP contribution in [0.5, 0.6) is 0 Å². The number of fused-ring (bicyclic) bond motifs is 1. The molecule has 3 unspecified atom stereocenters. The van der Waals surface area contributed by atoms with Gasteiger partial charge in [-0.1, -0.05) is 18.2 Å². The van der Waals surface area contributed by atoms with Crippen molar-refractivity contribution in [2.75, 3.05) is 13.2 Å². The fourth-order valence-electron chi connectivity index (χ4n) is 2.49. The highest BCUT2D eigenvalue weighted by Gasteiger charge is 2.46. The van der Waals surface area contributed by atoms with Gasteiger partial charge in [-0.2, -0.15) is 0 Å². The van der Waals surface area contributed by atoms with Crippen LogP contribution in [-0.4, -0.2) is 37.4 Å². The van der Waals surface area contributed by atoms with Crippen molar-refractivity contribution in [1.29, 1.82) is 0 Å². The van der Waals surface area contributed by atoms with Crippen LogP contribution >= 0.6 is 0 Å². The zero-order chi connectivity index (χ0) is 13.2. The summed E-state index contributed by atoms with van der Waals surface area (Å²) in [6.45, 7) is 0.551. The van der Waals surface area contributed by atoms with Gasteiger partial charge in [0, 0.05) is 5.92 Å². The highest BCUT2D eigenvalue weighted by Crippen LogP contribution is 2.33. The number of hydrogen-bond donors (Lipinski definition) is 0. The average molecular weight is 262 g/mol. The summed E-state index contributed by atoms with van der Waals surface area (Å²) in [5.41, 5.74) is 0.510. The molecule has 19 heavy (non-hydrogen) atoms. The molecule has 0 amide bonds. The standard InChI is InChI=1S/C14H14O5/c15-13-6-10-11(17-8-12(10)19-13)7-18-14(16)9-4-2-1-3-5-9/h1-5,10-12H,6-8H2. The first-order valence-electron chi connectivity index (χ1n) is 6.27. The average Bonchev–Trinajstić information content (AvgIpc) is 2.96. The zero-order valence-electron chi connectivity index (χ0n) is 10.3. The number of rotatable bonds is 3. The van der Waals surface area contributed by atoms with E-state index in [-0.39, 0.29) is 36.7 Å². The maximum Gasteiger partial charge on any atom is 0.338 e. The molecule has 2 fully saturated rings. The predicted octanol–water partition coefficient (Wildman–Crippen LogP) is 1.17. The molecule has 2 saturated heterocycles. The zero-order valence-corrected chi connectivity index (χ0v) is 10.3. The van der Waals surface area contributed by atoms with Gasteiger partial charge in [0.25, 0.3) is 0 Å². The minimum Gasteiger partial charge on any atom is -0.459 e. The Balaban J connectivity index is 1.56. The third-order valence-corrected chi connectivity index (χ3v) is 3.50. The van der Waals surface area contributed by atoms with Crippen LogP contribution in [0.15, 0.2) is 30.3 Å². The van der Waals surface area contributed by atoms with Gasteiger partial charge in [0.1, 0.15) is 12.7 Å². The van der Waals surface area contributed by atoms with E-state index in [0.717, 1.165) is 0 Å². The van der Waals surface area contributed by atoms with Crippen molar-refractivity contribution in [1.82, 2.24) is 0 Å². The van der Waals surface area contributed by atoms with Gasteiger partial charge in [-0.05, 0) is 12.1 Å². The summed E-state index contributed by atoms with van der Waals surface area (Å²) in [6.07, 6.45) is -0.0740. The molecule has 5 nitrogen and oxygen atoms in total. The molecule has 5 heteroatoms. The van der Waals surface area contributed by atoms with Crippen molar-refractivity contribution in [3.63, 3.8) is 0 Å². The molecule has 0 spiro atoms. The first kappa shape index (κ1) is 12.2. The Hall–Kier alpha value is -1.88. The molecule has 100 valence electrons. The van der Waals surface area contributed by atoms with Crippen LogP contribution in [0.1, 0.15) is 16.8 Å². The van der Waals surface area contributed by atoms with Crippen LogP contribution in [0.3, 0.4) is 0 Å². The second kappa shape index (κ2) is 5.01. The van der Waals surface area contributed by atoms with Gasteiger partial charge >= 0.3 is 11.9 Å². The molecule has 2 aliphatic heterocycles. The van der Waals surface area contributed by atoms with Crippen LogP contribution < -0.4 is 0 Å². The van der Waals surface area contributed by atoms with E-state index in [2.05, 4.69) is 0 Å². The Morgan fingerprint density at radius 2 is 2.11 bits per heavy atom. The fourth-order valence-corrected chi connectivity index (χ4v) is 2.49. The lowest BCUT2D eigenvalue weighted by atomic mass is 9.98. The van der Waals surface area contributed by atoms with Crippen molar-refractivity contribution in [2.24, 2.45) is 5.92 Å². The molecule has 0 aromatic heterocycles. The van der Waals surface area contributed by atoms with Crippen LogP contribution in [-0.2, 0) is 19.0 Å². The van der Waals surface area contributed by atoms with Gasteiger partial charge in [0.15, 0.2) is 0 Å². The minimum absolute atomic E-state index is 0.0103. The predicted molar refractivity (Wildman–Crippen MR) is 64.5 cm³/mol. The molecule has 0 radical (unpaired) electrons. The van der Waals surface area contributed by atoms with E-state index < -0.39 is 0 Å². The minimum atomic E-state index is -0.377. The van der Waals surface area contributed by atoms with Crippen molar-refractivity contribution in [3.05, 3.63) is 35.9 Å². The number of hydrogen-bond acceptors (Lipinski definition) is 5. The van der Waals surface area contributed by atoms with Crippen molar-refractivity contribution in [2.45, 2.75) is 18.6 Å². The van der Waals surface area contributed by atoms with E-state index in [1.165, 1.54) is 0 Å². The fraction of sp³-hybridized carbons (Fsp3) is 0.429. The van der Waals surface area contributed by atoms with Gasteiger partial charge in [-0.3, -0.25) is 4.79 Å². The van der Waals surface area contributed by atoms with E-state index in [0.29, 0.717) is 18.6 Å². The lowest BCUT2D eigenvalue weighted by Gasteiger charge is -2.14. The number of carbonyl (C=O) groups is 2. The third kappa shape index (κ3) is 2.46. The lowest BCUT2D eigenvalue weighted by molar-refractivity contribution is -0.142. The largest absolute Gasteiger partial charge is 0.459 e. The van der Waals surface area contributed by atoms with Gasteiger partial charge < -0.3 is 14.2 Å². The number of ether oxygens (including phenoxy) is 3. The summed E-state index contributed by atoms with van der Waals surface area (Å²) >= 11 is 0. The molecule has 2 heterocycles. The third-order valence-electron chi connectivity index (χ3n) is 3.50. The molecular weight excluding hydrogens is 248 g/mol. The molecule has 3 rings (SSSR count). The summed E-state index contributed by atoms with van der Waals surface area (Å²) in [7, 11) is 0. The summed E-state index contributed by atoms with van der Waals surface area (Å²) in [5, 5.41) is 0. The second-order valence-corrected chi connectivity index (χ2v) is 4.73.